The number of nitriles is 1. The highest BCUT2D eigenvalue weighted by molar-refractivity contribution is 5.64. The molecule has 4 N–H and O–H groups in total. The van der Waals surface area contributed by atoms with Crippen molar-refractivity contribution >= 4 is 5.82 Å². The molecule has 1 unspecified atom stereocenters. The summed E-state index contributed by atoms with van der Waals surface area (Å²) in [4.78, 5) is 7.58. The number of methoxy groups -OCH3 is 1. The molecule has 0 amide bonds. The molecule has 1 aromatic heterocycles. The quantitative estimate of drug-likeness (QED) is 0.781. The number of aryl methyl sites for hydroxylation is 1. The molecule has 2 heterocycles. The summed E-state index contributed by atoms with van der Waals surface area (Å²) in [6.07, 6.45) is 0. The minimum Gasteiger partial charge on any atom is -0.496 e. The summed E-state index contributed by atoms with van der Waals surface area (Å²) in [7, 11) is 1.61. The van der Waals surface area contributed by atoms with E-state index >= 15 is 0 Å². The number of aromatic amines is 1. The van der Waals surface area contributed by atoms with Crippen LogP contribution in [-0.4, -0.2) is 17.1 Å². The van der Waals surface area contributed by atoms with Crippen LogP contribution < -0.4 is 15.8 Å². The van der Waals surface area contributed by atoms with Crippen LogP contribution in [0.5, 0.6) is 5.75 Å². The van der Waals surface area contributed by atoms with Gasteiger partial charge in [0.15, 0.2) is 5.82 Å². The van der Waals surface area contributed by atoms with Crippen molar-refractivity contribution < 1.29 is 4.74 Å². The molecule has 0 bridgehead atoms. The predicted molar refractivity (Wildman–Crippen MR) is 78.6 cm³/mol. The maximum atomic E-state index is 9.49. The third-order valence-corrected chi connectivity index (χ3v) is 3.54. The summed E-state index contributed by atoms with van der Waals surface area (Å²) in [5.74, 6) is 2.14. The molecule has 0 saturated carbocycles. The number of nitrogens with two attached hydrogens (primary N) is 1. The van der Waals surface area contributed by atoms with Crippen LogP contribution in [0.25, 0.3) is 0 Å². The Bertz CT molecular complexity index is 769. The molecular formula is C15H15N5O. The summed E-state index contributed by atoms with van der Waals surface area (Å²) in [6.45, 7) is 1.86. The first-order chi connectivity index (χ1) is 10.2. The van der Waals surface area contributed by atoms with E-state index in [1.165, 1.54) is 0 Å². The Hall–Kier alpha value is -2.94. The van der Waals surface area contributed by atoms with Gasteiger partial charge in [0.05, 0.1) is 30.4 Å². The molecule has 1 atom stereocenters. The maximum Gasteiger partial charge on any atom is 0.154 e. The zero-order chi connectivity index (χ0) is 15.0. The lowest BCUT2D eigenvalue weighted by atomic mass is 9.86. The van der Waals surface area contributed by atoms with E-state index in [-0.39, 0.29) is 5.92 Å². The second-order valence-electron chi connectivity index (χ2n) is 4.82. The number of nitrogens with zero attached hydrogens (tertiary/aromatic N) is 2. The molecule has 21 heavy (non-hydrogen) atoms. The van der Waals surface area contributed by atoms with Gasteiger partial charge in [0, 0.05) is 5.56 Å². The molecule has 0 fully saturated rings. The molecule has 0 radical (unpaired) electrons. The fourth-order valence-electron chi connectivity index (χ4n) is 2.65. The molecule has 106 valence electrons. The van der Waals surface area contributed by atoms with E-state index in [0.29, 0.717) is 23.0 Å². The van der Waals surface area contributed by atoms with E-state index in [2.05, 4.69) is 21.4 Å². The van der Waals surface area contributed by atoms with Gasteiger partial charge in [-0.3, -0.25) is 0 Å². The van der Waals surface area contributed by atoms with Crippen molar-refractivity contribution in [3.05, 3.63) is 52.7 Å². The molecule has 0 spiro atoms. The Kier molecular flexibility index (Phi) is 3.03. The number of imidazole rings is 1. The molecule has 6 nitrogen and oxygen atoms in total. The third kappa shape index (κ3) is 1.99. The molecule has 0 aliphatic carbocycles. The van der Waals surface area contributed by atoms with Gasteiger partial charge < -0.3 is 20.8 Å². The standard InChI is InChI=1S/C15H15N5O/c1-8-18-13-12(9-5-3-4-6-11(9)21-2)10(7-16)14(17)20-15(13)19-8/h3-6,12,20H,17H2,1-2H3,(H,18,19). The second-order valence-corrected chi connectivity index (χ2v) is 4.82. The zero-order valence-corrected chi connectivity index (χ0v) is 11.8. The van der Waals surface area contributed by atoms with Crippen molar-refractivity contribution in [2.75, 3.05) is 12.4 Å². The van der Waals surface area contributed by atoms with Crippen molar-refractivity contribution in [3.8, 4) is 11.8 Å². The SMILES string of the molecule is COc1ccccc1C1C(C#N)=C(N)Nc2nc(C)[nH]c21. The molecule has 3 rings (SSSR count). The van der Waals surface area contributed by atoms with Gasteiger partial charge in [-0.15, -0.1) is 0 Å². The van der Waals surface area contributed by atoms with Gasteiger partial charge in [0.25, 0.3) is 0 Å². The number of benzene rings is 1. The number of fused-ring (bicyclic) bond motifs is 1. The Balaban J connectivity index is 2.25. The molecule has 0 saturated heterocycles. The number of anilines is 1. The number of allylic oxidation sites excluding steroid dienone is 1. The topological polar surface area (TPSA) is 99.8 Å². The van der Waals surface area contributed by atoms with Crippen molar-refractivity contribution in [3.63, 3.8) is 0 Å². The predicted octanol–water partition coefficient (Wildman–Crippen LogP) is 1.98. The Morgan fingerprint density at radius 1 is 1.38 bits per heavy atom. The van der Waals surface area contributed by atoms with Crippen LogP contribution in [0.1, 0.15) is 23.0 Å². The number of nitrogens with one attached hydrogen (secondary N) is 2. The van der Waals surface area contributed by atoms with Gasteiger partial charge in [0.1, 0.15) is 17.4 Å². The molecule has 1 aliphatic heterocycles. The smallest absolute Gasteiger partial charge is 0.154 e. The number of H-pyrrole nitrogens is 1. The molecule has 6 heteroatoms. The summed E-state index contributed by atoms with van der Waals surface area (Å²) >= 11 is 0. The maximum absolute atomic E-state index is 9.49. The zero-order valence-electron chi connectivity index (χ0n) is 11.8. The van der Waals surface area contributed by atoms with E-state index in [4.69, 9.17) is 10.5 Å². The van der Waals surface area contributed by atoms with Crippen molar-refractivity contribution in [2.45, 2.75) is 12.8 Å². The Labute approximate surface area is 122 Å². The fourth-order valence-corrected chi connectivity index (χ4v) is 2.65. The summed E-state index contributed by atoms with van der Waals surface area (Å²) in [6, 6.07) is 9.79. The number of para-hydroxylation sites is 1. The lowest BCUT2D eigenvalue weighted by Crippen LogP contribution is -2.23. The van der Waals surface area contributed by atoms with Crippen LogP contribution in [0.2, 0.25) is 0 Å². The van der Waals surface area contributed by atoms with Crippen molar-refractivity contribution in [1.29, 1.82) is 5.26 Å². The number of ether oxygens (including phenoxy) is 1. The van der Waals surface area contributed by atoms with Gasteiger partial charge in [-0.1, -0.05) is 18.2 Å². The molecule has 1 aromatic carbocycles. The Morgan fingerprint density at radius 2 is 2.14 bits per heavy atom. The van der Waals surface area contributed by atoms with Crippen LogP contribution in [0, 0.1) is 18.3 Å². The van der Waals surface area contributed by atoms with E-state index in [1.54, 1.807) is 7.11 Å². The van der Waals surface area contributed by atoms with E-state index < -0.39 is 0 Å². The van der Waals surface area contributed by atoms with Crippen LogP contribution in [0.3, 0.4) is 0 Å². The van der Waals surface area contributed by atoms with Crippen LogP contribution in [0.4, 0.5) is 5.82 Å². The first-order valence-corrected chi connectivity index (χ1v) is 6.52. The highest BCUT2D eigenvalue weighted by Crippen LogP contribution is 2.42. The van der Waals surface area contributed by atoms with Crippen LogP contribution in [-0.2, 0) is 0 Å². The van der Waals surface area contributed by atoms with Gasteiger partial charge >= 0.3 is 0 Å². The minimum atomic E-state index is -0.316. The van der Waals surface area contributed by atoms with E-state index in [0.717, 1.165) is 17.1 Å². The third-order valence-electron chi connectivity index (χ3n) is 3.54. The number of aromatic nitrogens is 2. The van der Waals surface area contributed by atoms with Gasteiger partial charge in [0.2, 0.25) is 0 Å². The average molecular weight is 281 g/mol. The highest BCUT2D eigenvalue weighted by Gasteiger charge is 2.33. The summed E-state index contributed by atoms with van der Waals surface area (Å²) < 4.78 is 5.42. The van der Waals surface area contributed by atoms with Gasteiger partial charge in [-0.25, -0.2) is 4.98 Å². The fraction of sp³-hybridized carbons (Fsp3) is 0.200. The highest BCUT2D eigenvalue weighted by atomic mass is 16.5. The minimum absolute atomic E-state index is 0.316. The van der Waals surface area contributed by atoms with Crippen molar-refractivity contribution in [1.82, 2.24) is 9.97 Å². The van der Waals surface area contributed by atoms with Crippen molar-refractivity contribution in [2.24, 2.45) is 5.73 Å². The molecule has 2 aromatic rings. The molecule has 1 aliphatic rings. The average Bonchev–Trinajstić information content (AvgIpc) is 2.85. The lowest BCUT2D eigenvalue weighted by Gasteiger charge is -2.25. The summed E-state index contributed by atoms with van der Waals surface area (Å²) in [5, 5.41) is 12.5. The first-order valence-electron chi connectivity index (χ1n) is 6.52. The van der Waals surface area contributed by atoms with E-state index in [1.807, 2.05) is 31.2 Å². The molecular weight excluding hydrogens is 266 g/mol. The normalized spacial score (nSPS) is 16.9. The first kappa shape index (κ1) is 13.1. The number of rotatable bonds is 2. The largest absolute Gasteiger partial charge is 0.496 e. The van der Waals surface area contributed by atoms with Gasteiger partial charge in [-0.2, -0.15) is 5.26 Å². The lowest BCUT2D eigenvalue weighted by molar-refractivity contribution is 0.409. The number of hydrogen-bond donors (Lipinski definition) is 3. The van der Waals surface area contributed by atoms with Crippen LogP contribution in [0.15, 0.2) is 35.7 Å². The van der Waals surface area contributed by atoms with E-state index in [9.17, 15) is 5.26 Å². The second kappa shape index (κ2) is 4.87. The Morgan fingerprint density at radius 3 is 2.86 bits per heavy atom. The monoisotopic (exact) mass is 281 g/mol. The number of hydrogen-bond acceptors (Lipinski definition) is 5. The summed E-state index contributed by atoms with van der Waals surface area (Å²) in [5.41, 5.74) is 8.14. The van der Waals surface area contributed by atoms with Gasteiger partial charge in [-0.05, 0) is 13.0 Å². The van der Waals surface area contributed by atoms with Crippen LogP contribution >= 0.6 is 0 Å².